The van der Waals surface area contributed by atoms with E-state index in [1.807, 2.05) is 42.2 Å². The summed E-state index contributed by atoms with van der Waals surface area (Å²) in [5.41, 5.74) is 1.11. The molecule has 0 aromatic heterocycles. The molecule has 1 aliphatic heterocycles. The average molecular weight is 304 g/mol. The van der Waals surface area contributed by atoms with Gasteiger partial charge in [0.1, 0.15) is 0 Å². The van der Waals surface area contributed by atoms with Gasteiger partial charge in [0.05, 0.1) is 12.5 Å². The highest BCUT2D eigenvalue weighted by molar-refractivity contribution is 5.89. The summed E-state index contributed by atoms with van der Waals surface area (Å²) in [5.74, 6) is -0.112. The van der Waals surface area contributed by atoms with Crippen LogP contribution in [0.1, 0.15) is 18.9 Å². The van der Waals surface area contributed by atoms with E-state index in [9.17, 15) is 9.59 Å². The van der Waals surface area contributed by atoms with Gasteiger partial charge in [-0.15, -0.1) is 0 Å². The first kappa shape index (κ1) is 16.5. The van der Waals surface area contributed by atoms with E-state index in [2.05, 4.69) is 0 Å². The summed E-state index contributed by atoms with van der Waals surface area (Å²) < 4.78 is 5.01. The summed E-state index contributed by atoms with van der Waals surface area (Å²) in [5, 5.41) is 0. The molecular weight excluding hydrogens is 280 g/mol. The lowest BCUT2D eigenvalue weighted by molar-refractivity contribution is -0.136. The van der Waals surface area contributed by atoms with Crippen LogP contribution in [0, 0.1) is 5.92 Å². The highest BCUT2D eigenvalue weighted by Crippen LogP contribution is 2.21. The Bertz CT molecular complexity index is 504. The quantitative estimate of drug-likeness (QED) is 0.767. The van der Waals surface area contributed by atoms with Gasteiger partial charge in [0.25, 0.3) is 0 Å². The molecule has 0 radical (unpaired) electrons. The van der Waals surface area contributed by atoms with Crippen LogP contribution in [0.25, 0.3) is 0 Å². The molecule has 1 aromatic rings. The topological polar surface area (TPSA) is 49.9 Å². The summed E-state index contributed by atoms with van der Waals surface area (Å²) >= 11 is 0. The zero-order valence-corrected chi connectivity index (χ0v) is 13.3. The number of carbonyl (C=O) groups excluding carboxylic acids is 2. The van der Waals surface area contributed by atoms with Crippen LogP contribution in [0.15, 0.2) is 30.3 Å². The van der Waals surface area contributed by atoms with Gasteiger partial charge < -0.3 is 14.5 Å². The number of hydrogen-bond acceptors (Lipinski definition) is 3. The summed E-state index contributed by atoms with van der Waals surface area (Å²) in [6.45, 7) is 4.79. The molecule has 1 heterocycles. The van der Waals surface area contributed by atoms with Crippen molar-refractivity contribution in [3.8, 4) is 0 Å². The third kappa shape index (κ3) is 4.07. The second-order valence-corrected chi connectivity index (χ2v) is 5.57. The van der Waals surface area contributed by atoms with Crippen molar-refractivity contribution in [1.82, 2.24) is 9.80 Å². The van der Waals surface area contributed by atoms with E-state index in [0.717, 1.165) is 5.56 Å². The molecule has 1 saturated heterocycles. The molecule has 120 valence electrons. The fourth-order valence-corrected chi connectivity index (χ4v) is 2.76. The van der Waals surface area contributed by atoms with Crippen LogP contribution in [-0.4, -0.2) is 55.0 Å². The number of hydrogen-bond donors (Lipinski definition) is 0. The SMILES string of the molecule is CCN(Cc1ccccc1)C(=O)C1CC(=O)N(CCOC)C1. The smallest absolute Gasteiger partial charge is 0.228 e. The van der Waals surface area contributed by atoms with Crippen molar-refractivity contribution in [3.05, 3.63) is 35.9 Å². The van der Waals surface area contributed by atoms with Gasteiger partial charge in [-0.05, 0) is 12.5 Å². The molecule has 22 heavy (non-hydrogen) atoms. The number of rotatable bonds is 7. The minimum atomic E-state index is -0.229. The Labute approximate surface area is 131 Å². The predicted octanol–water partition coefficient (Wildman–Crippen LogP) is 1.53. The van der Waals surface area contributed by atoms with Gasteiger partial charge in [0, 0.05) is 39.7 Å². The third-order valence-corrected chi connectivity index (χ3v) is 4.04. The molecule has 1 atom stereocenters. The van der Waals surface area contributed by atoms with Gasteiger partial charge in [-0.3, -0.25) is 9.59 Å². The Hall–Kier alpha value is -1.88. The van der Waals surface area contributed by atoms with Gasteiger partial charge in [-0.2, -0.15) is 0 Å². The summed E-state index contributed by atoms with van der Waals surface area (Å²) in [7, 11) is 1.61. The summed E-state index contributed by atoms with van der Waals surface area (Å²) in [6.07, 6.45) is 0.313. The molecule has 0 aliphatic carbocycles. The number of methoxy groups -OCH3 is 1. The Morgan fingerprint density at radius 2 is 2.09 bits per heavy atom. The number of likely N-dealkylation sites (tertiary alicyclic amines) is 1. The Balaban J connectivity index is 1.96. The normalized spacial score (nSPS) is 17.8. The lowest BCUT2D eigenvalue weighted by Crippen LogP contribution is -2.37. The second kappa shape index (κ2) is 7.94. The van der Waals surface area contributed by atoms with Crippen molar-refractivity contribution in [2.75, 3.05) is 33.4 Å². The molecule has 0 spiro atoms. The Morgan fingerprint density at radius 3 is 2.73 bits per heavy atom. The van der Waals surface area contributed by atoms with Crippen LogP contribution in [-0.2, 0) is 20.9 Å². The molecule has 1 aliphatic rings. The van der Waals surface area contributed by atoms with Crippen LogP contribution in [0.5, 0.6) is 0 Å². The molecule has 5 nitrogen and oxygen atoms in total. The zero-order chi connectivity index (χ0) is 15.9. The molecule has 5 heteroatoms. The lowest BCUT2D eigenvalue weighted by atomic mass is 10.1. The van der Waals surface area contributed by atoms with Crippen LogP contribution in [0.4, 0.5) is 0 Å². The largest absolute Gasteiger partial charge is 0.383 e. The van der Waals surface area contributed by atoms with Crippen molar-refractivity contribution < 1.29 is 14.3 Å². The molecule has 0 bridgehead atoms. The van der Waals surface area contributed by atoms with Gasteiger partial charge in [-0.25, -0.2) is 0 Å². The van der Waals surface area contributed by atoms with E-state index in [0.29, 0.717) is 39.2 Å². The van der Waals surface area contributed by atoms with E-state index in [4.69, 9.17) is 4.74 Å². The number of benzene rings is 1. The highest BCUT2D eigenvalue weighted by Gasteiger charge is 2.35. The average Bonchev–Trinajstić information content (AvgIpc) is 2.92. The molecule has 0 N–H and O–H groups in total. The maximum absolute atomic E-state index is 12.7. The van der Waals surface area contributed by atoms with Crippen LogP contribution >= 0.6 is 0 Å². The molecule has 2 amide bonds. The van der Waals surface area contributed by atoms with Crippen LogP contribution in [0.2, 0.25) is 0 Å². The maximum Gasteiger partial charge on any atom is 0.228 e. The first-order chi connectivity index (χ1) is 10.7. The monoisotopic (exact) mass is 304 g/mol. The fourth-order valence-electron chi connectivity index (χ4n) is 2.76. The molecular formula is C17H24N2O3. The van der Waals surface area contributed by atoms with E-state index < -0.39 is 0 Å². The van der Waals surface area contributed by atoms with E-state index >= 15 is 0 Å². The minimum Gasteiger partial charge on any atom is -0.383 e. The van der Waals surface area contributed by atoms with Crippen molar-refractivity contribution in [3.63, 3.8) is 0 Å². The van der Waals surface area contributed by atoms with Crippen molar-refractivity contribution in [2.45, 2.75) is 19.9 Å². The van der Waals surface area contributed by atoms with Crippen LogP contribution in [0.3, 0.4) is 0 Å². The molecule has 1 fully saturated rings. The van der Waals surface area contributed by atoms with Gasteiger partial charge in [-0.1, -0.05) is 30.3 Å². The zero-order valence-electron chi connectivity index (χ0n) is 13.3. The Kier molecular flexibility index (Phi) is 5.95. The maximum atomic E-state index is 12.7. The Morgan fingerprint density at radius 1 is 1.36 bits per heavy atom. The van der Waals surface area contributed by atoms with Crippen LogP contribution < -0.4 is 0 Å². The molecule has 1 aromatic carbocycles. The standard InChI is InChI=1S/C17H24N2O3/c1-3-18(12-14-7-5-4-6-8-14)17(21)15-11-16(20)19(13-15)9-10-22-2/h4-8,15H,3,9-13H2,1-2H3. The van der Waals surface area contributed by atoms with Gasteiger partial charge in [0.2, 0.25) is 11.8 Å². The van der Waals surface area contributed by atoms with E-state index in [-0.39, 0.29) is 17.7 Å². The third-order valence-electron chi connectivity index (χ3n) is 4.04. The summed E-state index contributed by atoms with van der Waals surface area (Å²) in [4.78, 5) is 28.2. The van der Waals surface area contributed by atoms with E-state index in [1.54, 1.807) is 12.0 Å². The highest BCUT2D eigenvalue weighted by atomic mass is 16.5. The van der Waals surface area contributed by atoms with Crippen molar-refractivity contribution >= 4 is 11.8 Å². The molecule has 1 unspecified atom stereocenters. The minimum absolute atomic E-state index is 0.0474. The molecule has 2 rings (SSSR count). The fraction of sp³-hybridized carbons (Fsp3) is 0.529. The van der Waals surface area contributed by atoms with E-state index in [1.165, 1.54) is 0 Å². The van der Waals surface area contributed by atoms with Gasteiger partial charge in [0.15, 0.2) is 0 Å². The van der Waals surface area contributed by atoms with Gasteiger partial charge >= 0.3 is 0 Å². The number of carbonyl (C=O) groups is 2. The number of amides is 2. The molecule has 0 saturated carbocycles. The second-order valence-electron chi connectivity index (χ2n) is 5.57. The summed E-state index contributed by atoms with van der Waals surface area (Å²) in [6, 6.07) is 9.94. The lowest BCUT2D eigenvalue weighted by Gasteiger charge is -2.24. The van der Waals surface area contributed by atoms with Crippen molar-refractivity contribution in [1.29, 1.82) is 0 Å². The number of ether oxygens (including phenoxy) is 1. The first-order valence-electron chi connectivity index (χ1n) is 7.75. The van der Waals surface area contributed by atoms with Crippen molar-refractivity contribution in [2.24, 2.45) is 5.92 Å². The number of nitrogens with zero attached hydrogens (tertiary/aromatic N) is 2. The predicted molar refractivity (Wildman–Crippen MR) is 84.1 cm³/mol. The first-order valence-corrected chi connectivity index (χ1v) is 7.75.